The van der Waals surface area contributed by atoms with Crippen molar-refractivity contribution in [3.05, 3.63) is 73.3 Å². The third kappa shape index (κ3) is 3.05. The van der Waals surface area contributed by atoms with E-state index in [0.717, 1.165) is 16.8 Å². The minimum absolute atomic E-state index is 0.0758. The van der Waals surface area contributed by atoms with E-state index in [2.05, 4.69) is 43.3 Å². The summed E-state index contributed by atoms with van der Waals surface area (Å²) in [6.07, 6.45) is 1.76. The van der Waals surface area contributed by atoms with Crippen LogP contribution in [0, 0.1) is 34.6 Å². The average molecular weight is 351 g/mol. The number of aromatic amines is 1. The third-order valence-electron chi connectivity index (χ3n) is 5.46. The molecule has 0 fully saturated rings. The number of carbonyl (C=O) groups is 1. The Morgan fingerprint density at radius 3 is 2.38 bits per heavy atom. The molecular weight excluding hydrogens is 326 g/mol. The number of hydrogen-bond donors (Lipinski definition) is 3. The minimum Gasteiger partial charge on any atom is -0.385 e. The van der Waals surface area contributed by atoms with Gasteiger partial charge in [0.2, 0.25) is 0 Å². The van der Waals surface area contributed by atoms with Crippen molar-refractivity contribution in [2.75, 3.05) is 0 Å². The van der Waals surface area contributed by atoms with Gasteiger partial charge < -0.3 is 15.6 Å². The molecule has 3 N–H and O–H groups in total. The van der Waals surface area contributed by atoms with Crippen LogP contribution in [0.1, 0.15) is 44.6 Å². The lowest BCUT2D eigenvalue weighted by atomic mass is 9.83. The second-order valence-electron chi connectivity index (χ2n) is 6.97. The molecule has 0 spiro atoms. The van der Waals surface area contributed by atoms with Crippen molar-refractivity contribution in [3.63, 3.8) is 0 Å². The molecule has 0 saturated heterocycles. The van der Waals surface area contributed by atoms with E-state index in [1.165, 1.54) is 22.3 Å². The Kier molecular flexibility index (Phi) is 4.72. The SMILES string of the molecule is Cc1c(C)c(C)c2c(c1C)CNC(=O)/C2=C\NCc1ccc(C)c(=O)[nH]1. The summed E-state index contributed by atoms with van der Waals surface area (Å²) in [5, 5.41) is 6.14. The second-order valence-corrected chi connectivity index (χ2v) is 6.97. The fraction of sp³-hybridized carbons (Fsp3) is 0.333. The Balaban J connectivity index is 1.95. The third-order valence-corrected chi connectivity index (χ3v) is 5.46. The maximum absolute atomic E-state index is 12.5. The number of nitrogens with one attached hydrogen (secondary N) is 3. The van der Waals surface area contributed by atoms with Gasteiger partial charge in [-0.1, -0.05) is 6.07 Å². The van der Waals surface area contributed by atoms with Gasteiger partial charge in [0.1, 0.15) is 0 Å². The molecule has 0 unspecified atom stereocenters. The molecule has 136 valence electrons. The molecule has 2 aromatic rings. The number of fused-ring (bicyclic) bond motifs is 1. The van der Waals surface area contributed by atoms with Gasteiger partial charge in [0.15, 0.2) is 0 Å². The van der Waals surface area contributed by atoms with E-state index in [1.54, 1.807) is 19.2 Å². The summed E-state index contributed by atoms with van der Waals surface area (Å²) in [6.45, 7) is 11.2. The molecule has 0 bridgehead atoms. The summed E-state index contributed by atoms with van der Waals surface area (Å²) >= 11 is 0. The maximum Gasteiger partial charge on any atom is 0.253 e. The first kappa shape index (κ1) is 18.0. The highest BCUT2D eigenvalue weighted by atomic mass is 16.1. The van der Waals surface area contributed by atoms with Gasteiger partial charge in [-0.3, -0.25) is 9.59 Å². The summed E-state index contributed by atoms with van der Waals surface area (Å²) in [5.41, 5.74) is 9.12. The molecular formula is C21H25N3O2. The van der Waals surface area contributed by atoms with Gasteiger partial charge in [-0.05, 0) is 74.1 Å². The Labute approximate surface area is 153 Å². The standard InChI is InChI=1S/C21H25N3O2/c1-11-6-7-16(24-20(11)25)8-22-9-18-19-15(5)13(3)12(2)14(4)17(19)10-23-21(18)26/h6-7,9,22H,8,10H2,1-5H3,(H,23,26)(H,24,25)/b18-9-. The molecule has 5 heteroatoms. The number of hydrogen-bond acceptors (Lipinski definition) is 3. The Bertz CT molecular complexity index is 984. The van der Waals surface area contributed by atoms with Gasteiger partial charge in [-0.2, -0.15) is 0 Å². The van der Waals surface area contributed by atoms with Crippen LogP contribution in [0.3, 0.4) is 0 Å². The van der Waals surface area contributed by atoms with Gasteiger partial charge in [0.05, 0.1) is 12.1 Å². The van der Waals surface area contributed by atoms with Crippen LogP contribution in [0.15, 0.2) is 23.1 Å². The molecule has 5 nitrogen and oxygen atoms in total. The summed E-state index contributed by atoms with van der Waals surface area (Å²) in [6, 6.07) is 3.67. The van der Waals surface area contributed by atoms with E-state index in [4.69, 9.17) is 0 Å². The van der Waals surface area contributed by atoms with Gasteiger partial charge in [0, 0.05) is 24.0 Å². The van der Waals surface area contributed by atoms with Crippen molar-refractivity contribution in [3.8, 4) is 0 Å². The molecule has 0 saturated carbocycles. The first-order valence-corrected chi connectivity index (χ1v) is 8.81. The molecule has 0 aliphatic carbocycles. The van der Waals surface area contributed by atoms with Gasteiger partial charge in [0.25, 0.3) is 11.5 Å². The molecule has 0 atom stereocenters. The number of rotatable bonds is 3. The predicted molar refractivity (Wildman–Crippen MR) is 104 cm³/mol. The lowest BCUT2D eigenvalue weighted by molar-refractivity contribution is -0.116. The predicted octanol–water partition coefficient (Wildman–Crippen LogP) is 2.68. The molecule has 1 aromatic heterocycles. The number of carbonyl (C=O) groups excluding carboxylic acids is 1. The normalized spacial score (nSPS) is 15.0. The van der Waals surface area contributed by atoms with Crippen LogP contribution in [0.5, 0.6) is 0 Å². The summed E-state index contributed by atoms with van der Waals surface area (Å²) in [4.78, 5) is 27.0. The highest BCUT2D eigenvalue weighted by Crippen LogP contribution is 2.33. The summed E-state index contributed by atoms with van der Waals surface area (Å²) in [7, 11) is 0. The van der Waals surface area contributed by atoms with Crippen LogP contribution in [-0.2, 0) is 17.9 Å². The van der Waals surface area contributed by atoms with Crippen molar-refractivity contribution in [1.29, 1.82) is 0 Å². The van der Waals surface area contributed by atoms with Crippen molar-refractivity contribution in [1.82, 2.24) is 15.6 Å². The molecule has 3 rings (SSSR count). The number of pyridine rings is 1. The fourth-order valence-electron chi connectivity index (χ4n) is 3.44. The molecule has 1 amide bonds. The van der Waals surface area contributed by atoms with Crippen LogP contribution in [0.25, 0.3) is 5.57 Å². The van der Waals surface area contributed by atoms with E-state index >= 15 is 0 Å². The van der Waals surface area contributed by atoms with E-state index in [0.29, 0.717) is 24.2 Å². The van der Waals surface area contributed by atoms with Gasteiger partial charge >= 0.3 is 0 Å². The van der Waals surface area contributed by atoms with Gasteiger partial charge in [-0.25, -0.2) is 0 Å². The topological polar surface area (TPSA) is 74.0 Å². The number of H-pyrrole nitrogens is 1. The van der Waals surface area contributed by atoms with Crippen LogP contribution in [0.4, 0.5) is 0 Å². The minimum atomic E-state index is -0.0877. The highest BCUT2D eigenvalue weighted by molar-refractivity contribution is 6.21. The molecule has 26 heavy (non-hydrogen) atoms. The fourth-order valence-corrected chi connectivity index (χ4v) is 3.44. The van der Waals surface area contributed by atoms with Crippen LogP contribution in [-0.4, -0.2) is 10.9 Å². The number of aromatic nitrogens is 1. The quantitative estimate of drug-likeness (QED) is 0.745. The first-order valence-electron chi connectivity index (χ1n) is 8.81. The van der Waals surface area contributed by atoms with Crippen LogP contribution in [0.2, 0.25) is 0 Å². The zero-order chi connectivity index (χ0) is 19.0. The first-order chi connectivity index (χ1) is 12.3. The number of benzene rings is 1. The zero-order valence-corrected chi connectivity index (χ0v) is 16.0. The van der Waals surface area contributed by atoms with Crippen molar-refractivity contribution in [2.24, 2.45) is 0 Å². The zero-order valence-electron chi connectivity index (χ0n) is 16.0. The van der Waals surface area contributed by atoms with Crippen molar-refractivity contribution in [2.45, 2.75) is 47.7 Å². The lowest BCUT2D eigenvalue weighted by Gasteiger charge is -2.26. The monoisotopic (exact) mass is 351 g/mol. The smallest absolute Gasteiger partial charge is 0.253 e. The lowest BCUT2D eigenvalue weighted by Crippen LogP contribution is -2.32. The molecule has 2 heterocycles. The summed E-state index contributed by atoms with van der Waals surface area (Å²) < 4.78 is 0. The van der Waals surface area contributed by atoms with E-state index in [1.807, 2.05) is 6.07 Å². The Hall–Kier alpha value is -2.82. The van der Waals surface area contributed by atoms with Crippen LogP contribution < -0.4 is 16.2 Å². The molecule has 1 aromatic carbocycles. The van der Waals surface area contributed by atoms with Crippen molar-refractivity contribution >= 4 is 11.5 Å². The average Bonchev–Trinajstić information content (AvgIpc) is 2.62. The van der Waals surface area contributed by atoms with Crippen LogP contribution >= 0.6 is 0 Å². The van der Waals surface area contributed by atoms with E-state index < -0.39 is 0 Å². The Morgan fingerprint density at radius 1 is 1.00 bits per heavy atom. The van der Waals surface area contributed by atoms with Crippen molar-refractivity contribution < 1.29 is 4.79 Å². The van der Waals surface area contributed by atoms with Gasteiger partial charge in [-0.15, -0.1) is 0 Å². The molecule has 1 aliphatic rings. The molecule has 1 aliphatic heterocycles. The summed E-state index contributed by atoms with van der Waals surface area (Å²) in [5.74, 6) is -0.0758. The number of aryl methyl sites for hydroxylation is 1. The van der Waals surface area contributed by atoms with E-state index in [9.17, 15) is 9.59 Å². The van der Waals surface area contributed by atoms with E-state index in [-0.39, 0.29) is 11.5 Å². The maximum atomic E-state index is 12.5. The second kappa shape index (κ2) is 6.83. The Morgan fingerprint density at radius 2 is 1.69 bits per heavy atom. The largest absolute Gasteiger partial charge is 0.385 e. The molecule has 0 radical (unpaired) electrons. The highest BCUT2D eigenvalue weighted by Gasteiger charge is 2.26. The number of amides is 1.